The van der Waals surface area contributed by atoms with Crippen molar-refractivity contribution in [2.45, 2.75) is 19.3 Å². The van der Waals surface area contributed by atoms with Gasteiger partial charge in [0.05, 0.1) is 25.1 Å². The van der Waals surface area contributed by atoms with Crippen LogP contribution in [0.25, 0.3) is 0 Å². The first-order valence-electron chi connectivity index (χ1n) is 8.51. The molecule has 5 heteroatoms. The van der Waals surface area contributed by atoms with Gasteiger partial charge in [0.1, 0.15) is 5.82 Å². The van der Waals surface area contributed by atoms with Gasteiger partial charge in [-0.3, -0.25) is 4.79 Å². The summed E-state index contributed by atoms with van der Waals surface area (Å²) in [5.41, 5.74) is 4.45. The number of anilines is 2. The number of carbonyl (C=O) groups is 1. The van der Waals surface area contributed by atoms with Gasteiger partial charge in [0.15, 0.2) is 0 Å². The molecule has 1 saturated heterocycles. The van der Waals surface area contributed by atoms with Crippen LogP contribution in [0.2, 0.25) is 0 Å². The minimum Gasteiger partial charge on any atom is -0.378 e. The summed E-state index contributed by atoms with van der Waals surface area (Å²) in [7, 11) is 0. The largest absolute Gasteiger partial charge is 0.378 e. The third-order valence-corrected chi connectivity index (χ3v) is 4.73. The van der Waals surface area contributed by atoms with Crippen molar-refractivity contribution in [1.29, 1.82) is 0 Å². The fourth-order valence-electron chi connectivity index (χ4n) is 3.37. The van der Waals surface area contributed by atoms with Gasteiger partial charge in [-0.2, -0.15) is 0 Å². The SMILES string of the molecule is O=C(Nc1ccc(N2CCOCC2)cn1)c1ccc2c(c1)CCC2. The summed E-state index contributed by atoms with van der Waals surface area (Å²) >= 11 is 0. The molecular weight excluding hydrogens is 302 g/mol. The van der Waals surface area contributed by atoms with Gasteiger partial charge in [0.2, 0.25) is 0 Å². The highest BCUT2D eigenvalue weighted by atomic mass is 16.5. The molecule has 1 N–H and O–H groups in total. The summed E-state index contributed by atoms with van der Waals surface area (Å²) in [5, 5.41) is 2.89. The molecule has 1 aliphatic carbocycles. The number of fused-ring (bicyclic) bond motifs is 1. The molecule has 0 radical (unpaired) electrons. The maximum absolute atomic E-state index is 12.4. The van der Waals surface area contributed by atoms with Crippen LogP contribution in [0.4, 0.5) is 11.5 Å². The first kappa shape index (κ1) is 15.1. The summed E-state index contributed by atoms with van der Waals surface area (Å²) in [6.45, 7) is 3.25. The van der Waals surface area contributed by atoms with Gasteiger partial charge in [0.25, 0.3) is 5.91 Å². The van der Waals surface area contributed by atoms with Crippen LogP contribution in [0.3, 0.4) is 0 Å². The van der Waals surface area contributed by atoms with Crippen molar-refractivity contribution in [3.63, 3.8) is 0 Å². The Balaban J connectivity index is 1.44. The van der Waals surface area contributed by atoms with E-state index in [1.54, 1.807) is 0 Å². The molecule has 4 rings (SSSR count). The second-order valence-electron chi connectivity index (χ2n) is 6.29. The number of nitrogens with zero attached hydrogens (tertiary/aromatic N) is 2. The number of pyridine rings is 1. The third-order valence-electron chi connectivity index (χ3n) is 4.73. The Kier molecular flexibility index (Phi) is 4.17. The van der Waals surface area contributed by atoms with Crippen molar-refractivity contribution in [2.75, 3.05) is 36.5 Å². The molecule has 1 aromatic carbocycles. The molecule has 2 heterocycles. The van der Waals surface area contributed by atoms with Crippen molar-refractivity contribution in [3.05, 3.63) is 53.2 Å². The van der Waals surface area contributed by atoms with Gasteiger partial charge in [0, 0.05) is 18.7 Å². The highest BCUT2D eigenvalue weighted by Crippen LogP contribution is 2.23. The molecule has 1 aromatic heterocycles. The van der Waals surface area contributed by atoms with Crippen LogP contribution in [0, 0.1) is 0 Å². The lowest BCUT2D eigenvalue weighted by Gasteiger charge is -2.28. The highest BCUT2D eigenvalue weighted by molar-refractivity contribution is 6.04. The van der Waals surface area contributed by atoms with Crippen molar-refractivity contribution < 1.29 is 9.53 Å². The van der Waals surface area contributed by atoms with E-state index in [0.29, 0.717) is 11.4 Å². The minimum absolute atomic E-state index is 0.101. The molecule has 1 fully saturated rings. The molecular formula is C19H21N3O2. The molecule has 5 nitrogen and oxygen atoms in total. The van der Waals surface area contributed by atoms with Crippen LogP contribution >= 0.6 is 0 Å². The molecule has 1 amide bonds. The number of nitrogens with one attached hydrogen (secondary N) is 1. The molecule has 0 spiro atoms. The Hall–Kier alpha value is -2.40. The first-order valence-corrected chi connectivity index (χ1v) is 8.51. The standard InChI is InChI=1S/C19H21N3O2/c23-19(16-5-4-14-2-1-3-15(14)12-16)21-18-7-6-17(13-20-18)22-8-10-24-11-9-22/h4-7,12-13H,1-3,8-11H2,(H,20,21,23). The summed E-state index contributed by atoms with van der Waals surface area (Å²) in [6.07, 6.45) is 5.19. The number of ether oxygens (including phenoxy) is 1. The Morgan fingerprint density at radius 1 is 1.08 bits per heavy atom. The highest BCUT2D eigenvalue weighted by Gasteiger charge is 2.15. The van der Waals surface area contributed by atoms with E-state index in [-0.39, 0.29) is 5.91 Å². The molecule has 0 bridgehead atoms. The number of aromatic nitrogens is 1. The molecule has 0 unspecified atom stereocenters. The lowest BCUT2D eigenvalue weighted by atomic mass is 10.1. The van der Waals surface area contributed by atoms with Gasteiger partial charge < -0.3 is 15.0 Å². The van der Waals surface area contributed by atoms with Crippen LogP contribution in [0.5, 0.6) is 0 Å². The van der Waals surface area contributed by atoms with Gasteiger partial charge in [-0.05, 0) is 54.7 Å². The van der Waals surface area contributed by atoms with Crippen LogP contribution < -0.4 is 10.2 Å². The lowest BCUT2D eigenvalue weighted by Crippen LogP contribution is -2.36. The second kappa shape index (κ2) is 6.61. The molecule has 124 valence electrons. The maximum Gasteiger partial charge on any atom is 0.256 e. The average molecular weight is 323 g/mol. The fraction of sp³-hybridized carbons (Fsp3) is 0.368. The topological polar surface area (TPSA) is 54.5 Å². The van der Waals surface area contributed by atoms with Crippen LogP contribution in [0.1, 0.15) is 27.9 Å². The predicted octanol–water partition coefficient (Wildman–Crippen LogP) is 2.66. The number of morpholine rings is 1. The summed E-state index contributed by atoms with van der Waals surface area (Å²) < 4.78 is 5.36. The number of amides is 1. The number of rotatable bonds is 3. The Morgan fingerprint density at radius 2 is 1.92 bits per heavy atom. The molecule has 1 aliphatic heterocycles. The van der Waals surface area contributed by atoms with Gasteiger partial charge in [-0.25, -0.2) is 4.98 Å². The predicted molar refractivity (Wildman–Crippen MR) is 93.7 cm³/mol. The smallest absolute Gasteiger partial charge is 0.256 e. The normalized spacial score (nSPS) is 16.8. The second-order valence-corrected chi connectivity index (χ2v) is 6.29. The van der Waals surface area contributed by atoms with Crippen molar-refractivity contribution in [2.24, 2.45) is 0 Å². The summed E-state index contributed by atoms with van der Waals surface area (Å²) in [6, 6.07) is 9.85. The summed E-state index contributed by atoms with van der Waals surface area (Å²) in [5.74, 6) is 0.480. The van der Waals surface area contributed by atoms with E-state index >= 15 is 0 Å². The maximum atomic E-state index is 12.4. The first-order chi connectivity index (χ1) is 11.8. The average Bonchev–Trinajstić information content (AvgIpc) is 3.11. The third kappa shape index (κ3) is 3.12. The van der Waals surface area contributed by atoms with Gasteiger partial charge in [-0.1, -0.05) is 6.07 Å². The fourth-order valence-corrected chi connectivity index (χ4v) is 3.37. The number of carbonyl (C=O) groups excluding carboxylic acids is 1. The zero-order chi connectivity index (χ0) is 16.4. The van der Waals surface area contributed by atoms with E-state index in [2.05, 4.69) is 21.3 Å². The zero-order valence-corrected chi connectivity index (χ0v) is 13.6. The van der Waals surface area contributed by atoms with Crippen molar-refractivity contribution in [3.8, 4) is 0 Å². The van der Waals surface area contributed by atoms with E-state index in [9.17, 15) is 4.79 Å². The van der Waals surface area contributed by atoms with E-state index in [1.165, 1.54) is 17.5 Å². The van der Waals surface area contributed by atoms with Crippen LogP contribution in [0.15, 0.2) is 36.5 Å². The van der Waals surface area contributed by atoms with Crippen molar-refractivity contribution in [1.82, 2.24) is 4.98 Å². The minimum atomic E-state index is -0.101. The number of benzene rings is 1. The summed E-state index contributed by atoms with van der Waals surface area (Å²) in [4.78, 5) is 19.0. The van der Waals surface area contributed by atoms with E-state index in [1.807, 2.05) is 30.5 Å². The Bertz CT molecular complexity index is 737. The van der Waals surface area contributed by atoms with Gasteiger partial charge >= 0.3 is 0 Å². The monoisotopic (exact) mass is 323 g/mol. The molecule has 2 aromatic rings. The van der Waals surface area contributed by atoms with Crippen molar-refractivity contribution >= 4 is 17.4 Å². The molecule has 24 heavy (non-hydrogen) atoms. The Labute approximate surface area is 141 Å². The number of hydrogen-bond acceptors (Lipinski definition) is 4. The van der Waals surface area contributed by atoms with E-state index < -0.39 is 0 Å². The van der Waals surface area contributed by atoms with Crippen LogP contribution in [-0.2, 0) is 17.6 Å². The molecule has 2 aliphatic rings. The molecule has 0 saturated carbocycles. The van der Waals surface area contributed by atoms with Crippen LogP contribution in [-0.4, -0.2) is 37.2 Å². The quantitative estimate of drug-likeness (QED) is 0.943. The van der Waals surface area contributed by atoms with Gasteiger partial charge in [-0.15, -0.1) is 0 Å². The molecule has 0 atom stereocenters. The van der Waals surface area contributed by atoms with E-state index in [0.717, 1.165) is 44.8 Å². The number of aryl methyl sites for hydroxylation is 2. The zero-order valence-electron chi connectivity index (χ0n) is 13.6. The number of hydrogen-bond donors (Lipinski definition) is 1. The lowest BCUT2D eigenvalue weighted by molar-refractivity contribution is 0.102. The Morgan fingerprint density at radius 3 is 2.71 bits per heavy atom. The van der Waals surface area contributed by atoms with E-state index in [4.69, 9.17) is 4.74 Å².